The number of ether oxygens (including phenoxy) is 1. The number of carbonyl (C=O) groups excluding carboxylic acids is 3. The Kier molecular flexibility index (Phi) is 8.84. The van der Waals surface area contributed by atoms with Crippen LogP contribution in [0.15, 0.2) is 42.5 Å². The van der Waals surface area contributed by atoms with Gasteiger partial charge in [-0.25, -0.2) is 4.39 Å². The van der Waals surface area contributed by atoms with Crippen LogP contribution in [0.2, 0.25) is 0 Å². The molecule has 0 aromatic heterocycles. The summed E-state index contributed by atoms with van der Waals surface area (Å²) >= 11 is 0. The average molecular weight is 484 g/mol. The van der Waals surface area contributed by atoms with E-state index in [0.717, 1.165) is 0 Å². The Hall–Kier alpha value is -3.42. The number of likely N-dealkylation sites (tertiary alicyclic amines) is 1. The van der Waals surface area contributed by atoms with Gasteiger partial charge in [-0.15, -0.1) is 0 Å². The molecule has 1 heterocycles. The van der Waals surface area contributed by atoms with E-state index >= 15 is 0 Å². The highest BCUT2D eigenvalue weighted by atomic mass is 19.1. The van der Waals surface area contributed by atoms with Gasteiger partial charge in [0.15, 0.2) is 0 Å². The lowest BCUT2D eigenvalue weighted by Gasteiger charge is -2.35. The number of halogens is 1. The topological polar surface area (TPSA) is 87.7 Å². The van der Waals surface area contributed by atoms with Gasteiger partial charge in [-0.2, -0.15) is 0 Å². The molecule has 0 radical (unpaired) electrons. The minimum absolute atomic E-state index is 0.0945. The smallest absolute Gasteiger partial charge is 0.255 e. The van der Waals surface area contributed by atoms with E-state index in [9.17, 15) is 18.8 Å². The van der Waals surface area contributed by atoms with Gasteiger partial charge in [0.2, 0.25) is 11.8 Å². The number of aryl methyl sites for hydroxylation is 1. The van der Waals surface area contributed by atoms with Crippen LogP contribution in [-0.2, 0) is 16.1 Å². The lowest BCUT2D eigenvalue weighted by atomic mass is 9.94. The molecule has 0 bridgehead atoms. The summed E-state index contributed by atoms with van der Waals surface area (Å²) < 4.78 is 19.0. The molecule has 2 aromatic carbocycles. The first kappa shape index (κ1) is 26.2. The van der Waals surface area contributed by atoms with Crippen molar-refractivity contribution >= 4 is 17.7 Å². The highest BCUT2D eigenvalue weighted by Gasteiger charge is 2.33. The van der Waals surface area contributed by atoms with Crippen LogP contribution in [0.4, 0.5) is 4.39 Å². The number of piperidine rings is 1. The fourth-order valence-electron chi connectivity index (χ4n) is 4.20. The monoisotopic (exact) mass is 483 g/mol. The molecule has 2 N–H and O–H groups in total. The van der Waals surface area contributed by atoms with E-state index in [-0.39, 0.29) is 41.9 Å². The maximum atomic E-state index is 13.7. The number of benzene rings is 2. The first-order valence-corrected chi connectivity index (χ1v) is 12.0. The molecular weight excluding hydrogens is 449 g/mol. The van der Waals surface area contributed by atoms with Crippen LogP contribution in [0.1, 0.15) is 48.2 Å². The number of nitrogens with one attached hydrogen (secondary N) is 2. The summed E-state index contributed by atoms with van der Waals surface area (Å²) in [6.07, 6.45) is 1.07. The molecule has 35 heavy (non-hydrogen) atoms. The molecule has 8 heteroatoms. The van der Waals surface area contributed by atoms with Gasteiger partial charge in [-0.3, -0.25) is 14.4 Å². The van der Waals surface area contributed by atoms with Gasteiger partial charge in [0.1, 0.15) is 17.6 Å². The molecule has 1 aliphatic heterocycles. The minimum Gasteiger partial charge on any atom is -0.496 e. The number of para-hydroxylation sites is 1. The highest BCUT2D eigenvalue weighted by Crippen LogP contribution is 2.21. The number of nitrogens with zero attached hydrogens (tertiary/aromatic N) is 1. The molecule has 188 valence electrons. The zero-order chi connectivity index (χ0) is 25.5. The van der Waals surface area contributed by atoms with Crippen molar-refractivity contribution in [2.45, 2.75) is 46.2 Å². The van der Waals surface area contributed by atoms with Crippen molar-refractivity contribution in [1.29, 1.82) is 0 Å². The van der Waals surface area contributed by atoms with Crippen molar-refractivity contribution in [2.75, 3.05) is 20.2 Å². The normalized spacial score (nSPS) is 15.0. The molecule has 1 aliphatic rings. The molecule has 1 unspecified atom stereocenters. The van der Waals surface area contributed by atoms with Gasteiger partial charge in [0.05, 0.1) is 12.7 Å². The predicted octanol–water partition coefficient (Wildman–Crippen LogP) is 3.45. The number of amides is 3. The third-order valence-corrected chi connectivity index (χ3v) is 6.45. The van der Waals surface area contributed by atoms with Crippen LogP contribution in [0.25, 0.3) is 0 Å². The van der Waals surface area contributed by atoms with Crippen LogP contribution in [0, 0.1) is 24.6 Å². The van der Waals surface area contributed by atoms with Gasteiger partial charge in [-0.05, 0) is 55.0 Å². The second kappa shape index (κ2) is 11.8. The summed E-state index contributed by atoms with van der Waals surface area (Å²) in [5, 5.41) is 5.74. The number of carbonyl (C=O) groups is 3. The Morgan fingerprint density at radius 3 is 2.43 bits per heavy atom. The molecule has 2 aromatic rings. The van der Waals surface area contributed by atoms with E-state index in [1.54, 1.807) is 48.2 Å². The number of hydrogen-bond donors (Lipinski definition) is 2. The summed E-state index contributed by atoms with van der Waals surface area (Å²) in [5.41, 5.74) is 1.65. The second-order valence-electron chi connectivity index (χ2n) is 9.30. The summed E-state index contributed by atoms with van der Waals surface area (Å²) in [5.74, 6) is -0.787. The Morgan fingerprint density at radius 2 is 1.80 bits per heavy atom. The van der Waals surface area contributed by atoms with Crippen LogP contribution in [-0.4, -0.2) is 48.9 Å². The molecule has 3 amide bonds. The standard InChI is InChI=1S/C27H34FN3O4/c1-17(2)24(30-26(33)21-7-5-6-8-23(21)35-4)27(34)31-13-11-20(12-14-31)25(32)29-16-19-10-9-18(3)22(28)15-19/h5-10,15,17,20,24H,11-14,16H2,1-4H3,(H,29,32)(H,30,33). The molecule has 7 nitrogen and oxygen atoms in total. The molecule has 0 spiro atoms. The molecule has 0 saturated carbocycles. The van der Waals surface area contributed by atoms with Crippen molar-refractivity contribution in [3.63, 3.8) is 0 Å². The quantitative estimate of drug-likeness (QED) is 0.602. The molecule has 1 fully saturated rings. The number of methoxy groups -OCH3 is 1. The third kappa shape index (κ3) is 6.59. The largest absolute Gasteiger partial charge is 0.496 e. The summed E-state index contributed by atoms with van der Waals surface area (Å²) in [6.45, 7) is 6.60. The fourth-order valence-corrected chi connectivity index (χ4v) is 4.20. The lowest BCUT2D eigenvalue weighted by molar-refractivity contribution is -0.138. The Morgan fingerprint density at radius 1 is 1.11 bits per heavy atom. The highest BCUT2D eigenvalue weighted by molar-refractivity contribution is 5.99. The van der Waals surface area contributed by atoms with Crippen molar-refractivity contribution in [1.82, 2.24) is 15.5 Å². The van der Waals surface area contributed by atoms with Crippen molar-refractivity contribution in [3.8, 4) is 5.75 Å². The van der Waals surface area contributed by atoms with Crippen LogP contribution >= 0.6 is 0 Å². The Labute approximate surface area is 206 Å². The van der Waals surface area contributed by atoms with E-state index < -0.39 is 6.04 Å². The molecule has 0 aliphatic carbocycles. The van der Waals surface area contributed by atoms with Crippen molar-refractivity contribution in [3.05, 3.63) is 65.0 Å². The molecular formula is C27H34FN3O4. The first-order valence-electron chi connectivity index (χ1n) is 12.0. The van der Waals surface area contributed by atoms with E-state index in [2.05, 4.69) is 10.6 Å². The predicted molar refractivity (Wildman–Crippen MR) is 131 cm³/mol. The van der Waals surface area contributed by atoms with Crippen LogP contribution < -0.4 is 15.4 Å². The van der Waals surface area contributed by atoms with Gasteiger partial charge >= 0.3 is 0 Å². The molecule has 3 rings (SSSR count). The van der Waals surface area contributed by atoms with E-state index in [4.69, 9.17) is 4.74 Å². The number of rotatable bonds is 8. The first-order chi connectivity index (χ1) is 16.7. The van der Waals surface area contributed by atoms with Crippen LogP contribution in [0.3, 0.4) is 0 Å². The molecule has 1 atom stereocenters. The zero-order valence-corrected chi connectivity index (χ0v) is 20.8. The zero-order valence-electron chi connectivity index (χ0n) is 20.8. The minimum atomic E-state index is -0.686. The van der Waals surface area contributed by atoms with Crippen LogP contribution in [0.5, 0.6) is 5.75 Å². The summed E-state index contributed by atoms with van der Waals surface area (Å²) in [7, 11) is 1.50. The summed E-state index contributed by atoms with van der Waals surface area (Å²) in [6, 6.07) is 11.1. The fraction of sp³-hybridized carbons (Fsp3) is 0.444. The van der Waals surface area contributed by atoms with Gasteiger partial charge in [0, 0.05) is 25.6 Å². The summed E-state index contributed by atoms with van der Waals surface area (Å²) in [4.78, 5) is 40.5. The average Bonchev–Trinajstić information content (AvgIpc) is 2.87. The Bertz CT molecular complexity index is 1060. The Balaban J connectivity index is 1.54. The maximum absolute atomic E-state index is 13.7. The number of hydrogen-bond acceptors (Lipinski definition) is 4. The van der Waals surface area contributed by atoms with E-state index in [1.807, 2.05) is 13.8 Å². The maximum Gasteiger partial charge on any atom is 0.255 e. The van der Waals surface area contributed by atoms with Gasteiger partial charge in [-0.1, -0.05) is 38.1 Å². The van der Waals surface area contributed by atoms with E-state index in [0.29, 0.717) is 48.4 Å². The van der Waals surface area contributed by atoms with Gasteiger partial charge in [0.25, 0.3) is 5.91 Å². The van der Waals surface area contributed by atoms with Crippen molar-refractivity contribution in [2.24, 2.45) is 11.8 Å². The van der Waals surface area contributed by atoms with Gasteiger partial charge < -0.3 is 20.3 Å². The second-order valence-corrected chi connectivity index (χ2v) is 9.30. The lowest BCUT2D eigenvalue weighted by Crippen LogP contribution is -2.53. The SMILES string of the molecule is COc1ccccc1C(=O)NC(C(=O)N1CCC(C(=O)NCc2ccc(C)c(F)c2)CC1)C(C)C. The van der Waals surface area contributed by atoms with Crippen molar-refractivity contribution < 1.29 is 23.5 Å². The molecule has 1 saturated heterocycles. The van der Waals surface area contributed by atoms with E-state index in [1.165, 1.54) is 13.2 Å². The third-order valence-electron chi connectivity index (χ3n) is 6.45.